The van der Waals surface area contributed by atoms with Gasteiger partial charge in [0.15, 0.2) is 5.43 Å². The molecule has 0 bridgehead atoms. The molecule has 2 aromatic carbocycles. The smallest absolute Gasteiger partial charge is 0.341 e. The fourth-order valence-electron chi connectivity index (χ4n) is 2.44. The van der Waals surface area contributed by atoms with Crippen molar-refractivity contribution in [2.75, 3.05) is 0 Å². The number of carbonyl (C=O) groups is 1. The highest BCUT2D eigenvalue weighted by Crippen LogP contribution is 2.26. The van der Waals surface area contributed by atoms with Gasteiger partial charge in [-0.1, -0.05) is 28.1 Å². The number of rotatable bonds is 3. The van der Waals surface area contributed by atoms with Crippen molar-refractivity contribution in [2.24, 2.45) is 0 Å². The van der Waals surface area contributed by atoms with Crippen LogP contribution in [0.25, 0.3) is 16.9 Å². The van der Waals surface area contributed by atoms with Crippen molar-refractivity contribution in [3.05, 3.63) is 86.6 Å². The molecular weight excluding hydrogens is 396 g/mol. The van der Waals surface area contributed by atoms with E-state index in [0.29, 0.717) is 11.6 Å². The Morgan fingerprint density at radius 1 is 1.08 bits per heavy atom. The third kappa shape index (κ3) is 3.36. The van der Waals surface area contributed by atoms with E-state index in [0.717, 1.165) is 22.8 Å². The van der Waals surface area contributed by atoms with Crippen LogP contribution in [-0.2, 0) is 0 Å². The molecular formula is C18H10BrF2NO3. The van der Waals surface area contributed by atoms with Gasteiger partial charge >= 0.3 is 5.97 Å². The fraction of sp³-hybridized carbons (Fsp3) is 0. The van der Waals surface area contributed by atoms with Gasteiger partial charge in [0.1, 0.15) is 17.2 Å². The normalized spacial score (nSPS) is 10.7. The lowest BCUT2D eigenvalue weighted by Crippen LogP contribution is -2.18. The first-order valence-corrected chi connectivity index (χ1v) is 7.87. The highest BCUT2D eigenvalue weighted by atomic mass is 79.9. The van der Waals surface area contributed by atoms with Crippen molar-refractivity contribution in [3.8, 4) is 16.9 Å². The van der Waals surface area contributed by atoms with Crippen LogP contribution in [0.2, 0.25) is 0 Å². The van der Waals surface area contributed by atoms with Gasteiger partial charge in [-0.25, -0.2) is 13.6 Å². The molecule has 3 rings (SSSR count). The van der Waals surface area contributed by atoms with E-state index >= 15 is 0 Å². The molecule has 0 saturated carbocycles. The summed E-state index contributed by atoms with van der Waals surface area (Å²) in [5.41, 5.74) is -0.448. The summed E-state index contributed by atoms with van der Waals surface area (Å²) in [6.45, 7) is 0. The molecule has 0 amide bonds. The highest BCUT2D eigenvalue weighted by Gasteiger charge is 2.17. The number of hydrogen-bond acceptors (Lipinski definition) is 2. The summed E-state index contributed by atoms with van der Waals surface area (Å²) < 4.78 is 29.4. The van der Waals surface area contributed by atoms with Crippen molar-refractivity contribution < 1.29 is 18.7 Å². The first kappa shape index (κ1) is 17.0. The first-order valence-electron chi connectivity index (χ1n) is 7.08. The number of nitrogens with zero attached hydrogens (tertiary/aromatic N) is 1. The molecule has 0 aliphatic rings. The van der Waals surface area contributed by atoms with Crippen LogP contribution in [0, 0.1) is 11.6 Å². The summed E-state index contributed by atoms with van der Waals surface area (Å²) in [4.78, 5) is 23.4. The van der Waals surface area contributed by atoms with E-state index in [1.807, 2.05) is 0 Å². The molecule has 0 radical (unpaired) electrons. The second-order valence-corrected chi connectivity index (χ2v) is 6.13. The average Bonchev–Trinajstić information content (AvgIpc) is 2.55. The van der Waals surface area contributed by atoms with Gasteiger partial charge in [-0.05, 0) is 29.8 Å². The van der Waals surface area contributed by atoms with Crippen LogP contribution in [0.1, 0.15) is 10.4 Å². The van der Waals surface area contributed by atoms with E-state index in [1.54, 1.807) is 24.3 Å². The van der Waals surface area contributed by atoms with Crippen LogP contribution in [0.3, 0.4) is 0 Å². The number of carboxylic acid groups (broad SMARTS) is 1. The van der Waals surface area contributed by atoms with Crippen molar-refractivity contribution in [1.29, 1.82) is 0 Å². The summed E-state index contributed by atoms with van der Waals surface area (Å²) >= 11 is 3.32. The van der Waals surface area contributed by atoms with Crippen molar-refractivity contribution in [1.82, 2.24) is 4.57 Å². The van der Waals surface area contributed by atoms with E-state index in [2.05, 4.69) is 15.9 Å². The minimum absolute atomic E-state index is 0.0705. The number of pyridine rings is 1. The van der Waals surface area contributed by atoms with Crippen LogP contribution < -0.4 is 5.43 Å². The Bertz CT molecular complexity index is 1050. The van der Waals surface area contributed by atoms with Crippen LogP contribution >= 0.6 is 15.9 Å². The first-order chi connectivity index (χ1) is 11.9. The van der Waals surface area contributed by atoms with E-state index in [9.17, 15) is 23.5 Å². The molecule has 4 nitrogen and oxygen atoms in total. The highest BCUT2D eigenvalue weighted by molar-refractivity contribution is 9.10. The number of carboxylic acids is 1. The Morgan fingerprint density at radius 3 is 2.48 bits per heavy atom. The van der Waals surface area contributed by atoms with Gasteiger partial charge in [0, 0.05) is 22.8 Å². The van der Waals surface area contributed by atoms with Gasteiger partial charge in [0.25, 0.3) is 0 Å². The number of halogens is 3. The standard InChI is InChI=1S/C18H10BrF2NO3/c19-11-3-1-2-10(6-11)16-8-17(23)13(18(24)25)9-22(16)15-5-4-12(20)7-14(15)21/h1-9H,(H,24,25). The molecule has 1 heterocycles. The predicted octanol–water partition coefficient (Wildman–Crippen LogP) is 4.24. The molecule has 1 N–H and O–H groups in total. The molecule has 7 heteroatoms. The van der Waals surface area contributed by atoms with Crippen molar-refractivity contribution in [3.63, 3.8) is 0 Å². The average molecular weight is 406 g/mol. The zero-order chi connectivity index (χ0) is 18.1. The van der Waals surface area contributed by atoms with Gasteiger partial charge in [0.05, 0.1) is 11.4 Å². The minimum atomic E-state index is -1.43. The maximum absolute atomic E-state index is 14.2. The van der Waals surface area contributed by atoms with Gasteiger partial charge < -0.3 is 9.67 Å². The van der Waals surface area contributed by atoms with E-state index in [-0.39, 0.29) is 11.4 Å². The second kappa shape index (κ2) is 6.60. The number of aromatic nitrogens is 1. The van der Waals surface area contributed by atoms with Crippen LogP contribution in [0.4, 0.5) is 8.78 Å². The Labute approximate surface area is 149 Å². The van der Waals surface area contributed by atoms with Gasteiger partial charge in [-0.15, -0.1) is 0 Å². The molecule has 0 saturated heterocycles. The maximum Gasteiger partial charge on any atom is 0.341 e. The lowest BCUT2D eigenvalue weighted by Gasteiger charge is -2.16. The van der Waals surface area contributed by atoms with E-state index < -0.39 is 28.6 Å². The Hall–Kier alpha value is -2.80. The molecule has 0 unspecified atom stereocenters. The lowest BCUT2D eigenvalue weighted by molar-refractivity contribution is 0.0695. The van der Waals surface area contributed by atoms with Crippen LogP contribution in [0.5, 0.6) is 0 Å². The molecule has 0 spiro atoms. The molecule has 0 atom stereocenters. The van der Waals surface area contributed by atoms with Gasteiger partial charge in [-0.3, -0.25) is 4.79 Å². The predicted molar refractivity (Wildman–Crippen MR) is 92.1 cm³/mol. The van der Waals surface area contributed by atoms with E-state index in [1.165, 1.54) is 10.6 Å². The second-order valence-electron chi connectivity index (χ2n) is 5.22. The van der Waals surface area contributed by atoms with Crippen LogP contribution in [0.15, 0.2) is 64.0 Å². The number of benzene rings is 2. The van der Waals surface area contributed by atoms with E-state index in [4.69, 9.17) is 0 Å². The summed E-state index contributed by atoms with van der Waals surface area (Å²) in [6.07, 6.45) is 1.04. The third-order valence-corrected chi connectivity index (χ3v) is 4.06. The van der Waals surface area contributed by atoms with Crippen molar-refractivity contribution >= 4 is 21.9 Å². The van der Waals surface area contributed by atoms with Crippen LogP contribution in [-0.4, -0.2) is 15.6 Å². The minimum Gasteiger partial charge on any atom is -0.477 e. The number of hydrogen-bond donors (Lipinski definition) is 1. The van der Waals surface area contributed by atoms with Gasteiger partial charge in [-0.2, -0.15) is 0 Å². The largest absolute Gasteiger partial charge is 0.477 e. The zero-order valence-electron chi connectivity index (χ0n) is 12.5. The number of aromatic carboxylic acids is 1. The maximum atomic E-state index is 14.2. The molecule has 0 fully saturated rings. The molecule has 0 aliphatic carbocycles. The molecule has 3 aromatic rings. The topological polar surface area (TPSA) is 59.3 Å². The van der Waals surface area contributed by atoms with Gasteiger partial charge in [0.2, 0.25) is 0 Å². The SMILES string of the molecule is O=C(O)c1cn(-c2ccc(F)cc2F)c(-c2cccc(Br)c2)cc1=O. The molecule has 0 aliphatic heterocycles. The molecule has 126 valence electrons. The Kier molecular flexibility index (Phi) is 4.50. The summed E-state index contributed by atoms with van der Waals surface area (Å²) in [5, 5.41) is 9.18. The fourth-order valence-corrected chi connectivity index (χ4v) is 2.84. The third-order valence-electron chi connectivity index (χ3n) is 3.57. The monoisotopic (exact) mass is 405 g/mol. The van der Waals surface area contributed by atoms with Crippen molar-refractivity contribution in [2.45, 2.75) is 0 Å². The molecule has 1 aromatic heterocycles. The molecule has 25 heavy (non-hydrogen) atoms. The lowest BCUT2D eigenvalue weighted by atomic mass is 10.1. The summed E-state index contributed by atoms with van der Waals surface area (Å²) in [7, 11) is 0. The summed E-state index contributed by atoms with van der Waals surface area (Å²) in [5.74, 6) is -3.07. The quantitative estimate of drug-likeness (QED) is 0.708. The Balaban J connectivity index is 2.36. The Morgan fingerprint density at radius 2 is 1.84 bits per heavy atom. The summed E-state index contributed by atoms with van der Waals surface area (Å²) in [6, 6.07) is 10.9. The zero-order valence-corrected chi connectivity index (χ0v) is 14.1.